The second-order valence-corrected chi connectivity index (χ2v) is 6.44. The SMILES string of the molecule is C=CCC[C@@H](F)[C@]1(C[S@](=O)c2ccc(C)cc2)CO1. The highest BCUT2D eigenvalue weighted by molar-refractivity contribution is 7.85. The van der Waals surface area contributed by atoms with Gasteiger partial charge in [-0.25, -0.2) is 4.39 Å². The molecule has 0 amide bonds. The average molecular weight is 282 g/mol. The Balaban J connectivity index is 1.98. The minimum Gasteiger partial charge on any atom is -0.365 e. The van der Waals surface area contributed by atoms with Crippen LogP contribution in [-0.4, -0.2) is 28.3 Å². The number of aryl methyl sites for hydroxylation is 1. The number of hydrogen-bond acceptors (Lipinski definition) is 2. The van der Waals surface area contributed by atoms with E-state index >= 15 is 0 Å². The molecule has 1 saturated heterocycles. The highest BCUT2D eigenvalue weighted by Gasteiger charge is 2.53. The zero-order valence-corrected chi connectivity index (χ0v) is 11.9. The molecular weight excluding hydrogens is 263 g/mol. The third kappa shape index (κ3) is 3.51. The second-order valence-electron chi connectivity index (χ2n) is 4.99. The molecule has 1 aromatic carbocycles. The van der Waals surface area contributed by atoms with E-state index in [1.807, 2.05) is 31.2 Å². The minimum absolute atomic E-state index is 0.231. The third-order valence-electron chi connectivity index (χ3n) is 3.37. The van der Waals surface area contributed by atoms with Gasteiger partial charge in [0.05, 0.1) is 23.2 Å². The molecule has 2 nitrogen and oxygen atoms in total. The maximum absolute atomic E-state index is 14.1. The molecule has 0 aliphatic carbocycles. The van der Waals surface area contributed by atoms with Gasteiger partial charge in [-0.05, 0) is 31.9 Å². The van der Waals surface area contributed by atoms with Crippen molar-refractivity contribution in [1.29, 1.82) is 0 Å². The van der Waals surface area contributed by atoms with Crippen LogP contribution in [0.3, 0.4) is 0 Å². The van der Waals surface area contributed by atoms with Gasteiger partial charge in [0.15, 0.2) is 0 Å². The van der Waals surface area contributed by atoms with Gasteiger partial charge in [0.25, 0.3) is 0 Å². The lowest BCUT2D eigenvalue weighted by Crippen LogP contribution is -2.32. The van der Waals surface area contributed by atoms with Crippen LogP contribution >= 0.6 is 0 Å². The average Bonchev–Trinajstić information content (AvgIpc) is 3.17. The third-order valence-corrected chi connectivity index (χ3v) is 4.92. The van der Waals surface area contributed by atoms with E-state index in [9.17, 15) is 8.60 Å². The molecule has 1 heterocycles. The van der Waals surface area contributed by atoms with Crippen LogP contribution in [0.15, 0.2) is 41.8 Å². The summed E-state index contributed by atoms with van der Waals surface area (Å²) in [6.07, 6.45) is 1.62. The second kappa shape index (κ2) is 5.97. The van der Waals surface area contributed by atoms with Crippen LogP contribution in [0.2, 0.25) is 0 Å². The predicted molar refractivity (Wildman–Crippen MR) is 75.5 cm³/mol. The number of benzene rings is 1. The molecule has 1 aromatic rings. The topological polar surface area (TPSA) is 29.6 Å². The summed E-state index contributed by atoms with van der Waals surface area (Å²) < 4.78 is 31.6. The summed E-state index contributed by atoms with van der Waals surface area (Å²) in [6, 6.07) is 7.49. The van der Waals surface area contributed by atoms with Gasteiger partial charge in [0.2, 0.25) is 0 Å². The van der Waals surface area contributed by atoms with Crippen LogP contribution in [0.5, 0.6) is 0 Å². The molecule has 4 heteroatoms. The van der Waals surface area contributed by atoms with E-state index in [2.05, 4.69) is 6.58 Å². The van der Waals surface area contributed by atoms with E-state index in [0.717, 1.165) is 10.5 Å². The highest BCUT2D eigenvalue weighted by Crippen LogP contribution is 2.37. The molecule has 0 radical (unpaired) electrons. The number of rotatable bonds is 7. The van der Waals surface area contributed by atoms with Crippen molar-refractivity contribution in [2.45, 2.75) is 36.4 Å². The summed E-state index contributed by atoms with van der Waals surface area (Å²) in [5, 5.41) is 0. The molecule has 0 aromatic heterocycles. The van der Waals surface area contributed by atoms with E-state index in [1.54, 1.807) is 6.08 Å². The Bertz CT molecular complexity index is 466. The summed E-state index contributed by atoms with van der Waals surface area (Å²) in [4.78, 5) is 0.733. The van der Waals surface area contributed by atoms with E-state index in [1.165, 1.54) is 0 Å². The zero-order chi connectivity index (χ0) is 13.9. The lowest BCUT2D eigenvalue weighted by molar-refractivity contribution is 0.170. The van der Waals surface area contributed by atoms with E-state index in [0.29, 0.717) is 19.4 Å². The van der Waals surface area contributed by atoms with Crippen molar-refractivity contribution in [3.05, 3.63) is 42.5 Å². The predicted octanol–water partition coefficient (Wildman–Crippen LogP) is 3.18. The smallest absolute Gasteiger partial charge is 0.134 e. The van der Waals surface area contributed by atoms with Gasteiger partial charge in [0.1, 0.15) is 11.8 Å². The lowest BCUT2D eigenvalue weighted by atomic mass is 10.0. The van der Waals surface area contributed by atoms with Crippen molar-refractivity contribution in [2.24, 2.45) is 0 Å². The van der Waals surface area contributed by atoms with Gasteiger partial charge < -0.3 is 4.74 Å². The van der Waals surface area contributed by atoms with Crippen LogP contribution < -0.4 is 0 Å². The molecule has 0 unspecified atom stereocenters. The maximum Gasteiger partial charge on any atom is 0.134 e. The fourth-order valence-electron chi connectivity index (χ4n) is 1.97. The number of hydrogen-bond donors (Lipinski definition) is 0. The Labute approximate surface area is 116 Å². The molecule has 19 heavy (non-hydrogen) atoms. The molecule has 0 bridgehead atoms. The van der Waals surface area contributed by atoms with Crippen molar-refractivity contribution < 1.29 is 13.3 Å². The van der Waals surface area contributed by atoms with Crippen molar-refractivity contribution in [1.82, 2.24) is 0 Å². The molecule has 1 aliphatic heterocycles. The molecule has 2 rings (SSSR count). The zero-order valence-electron chi connectivity index (χ0n) is 11.1. The first-order valence-corrected chi connectivity index (χ1v) is 7.73. The van der Waals surface area contributed by atoms with Gasteiger partial charge >= 0.3 is 0 Å². The van der Waals surface area contributed by atoms with Crippen LogP contribution in [0.1, 0.15) is 18.4 Å². The largest absolute Gasteiger partial charge is 0.365 e. The quantitative estimate of drug-likeness (QED) is 0.568. The van der Waals surface area contributed by atoms with Gasteiger partial charge in [-0.2, -0.15) is 0 Å². The Morgan fingerprint density at radius 2 is 2.16 bits per heavy atom. The Morgan fingerprint density at radius 1 is 1.53 bits per heavy atom. The van der Waals surface area contributed by atoms with Crippen molar-refractivity contribution >= 4 is 10.8 Å². The first-order chi connectivity index (χ1) is 9.07. The van der Waals surface area contributed by atoms with Gasteiger partial charge in [-0.3, -0.25) is 4.21 Å². The molecule has 1 fully saturated rings. The first kappa shape index (κ1) is 14.4. The van der Waals surface area contributed by atoms with Crippen LogP contribution in [0.25, 0.3) is 0 Å². The van der Waals surface area contributed by atoms with Gasteiger partial charge in [0, 0.05) is 4.90 Å². The molecule has 0 N–H and O–H groups in total. The summed E-state index contributed by atoms with van der Waals surface area (Å²) >= 11 is 0. The minimum atomic E-state index is -1.22. The normalized spacial score (nSPS) is 24.7. The molecular formula is C15H19FO2S. The van der Waals surface area contributed by atoms with E-state index in [4.69, 9.17) is 4.74 Å². The fourth-order valence-corrected chi connectivity index (χ4v) is 3.37. The Morgan fingerprint density at radius 3 is 2.68 bits per heavy atom. The van der Waals surface area contributed by atoms with Crippen molar-refractivity contribution in [3.8, 4) is 0 Å². The monoisotopic (exact) mass is 282 g/mol. The number of halogens is 1. The lowest BCUT2D eigenvalue weighted by Gasteiger charge is -2.16. The van der Waals surface area contributed by atoms with Crippen LogP contribution in [0, 0.1) is 6.92 Å². The standard InChI is InChI=1S/C15H19FO2S/c1-3-4-5-14(16)15(10-18-15)11-19(17)13-8-6-12(2)7-9-13/h3,6-9,14H,1,4-5,10-11H2,2H3/t14-,15-,19+/m1/s1. The van der Waals surface area contributed by atoms with E-state index < -0.39 is 22.6 Å². The summed E-state index contributed by atoms with van der Waals surface area (Å²) in [5.74, 6) is 0.231. The fraction of sp³-hybridized carbons (Fsp3) is 0.467. The first-order valence-electron chi connectivity index (χ1n) is 6.41. The van der Waals surface area contributed by atoms with Crippen LogP contribution in [0.4, 0.5) is 4.39 Å². The van der Waals surface area contributed by atoms with E-state index in [-0.39, 0.29) is 5.75 Å². The highest BCUT2D eigenvalue weighted by atomic mass is 32.2. The summed E-state index contributed by atoms with van der Waals surface area (Å²) in [7, 11) is -1.22. The molecule has 1 aliphatic rings. The van der Waals surface area contributed by atoms with Crippen LogP contribution in [-0.2, 0) is 15.5 Å². The number of alkyl halides is 1. The molecule has 0 saturated carbocycles. The Hall–Kier alpha value is -1.00. The number of allylic oxidation sites excluding steroid dienone is 1. The summed E-state index contributed by atoms with van der Waals surface area (Å²) in [5.41, 5.74) is 0.283. The summed E-state index contributed by atoms with van der Waals surface area (Å²) in [6.45, 7) is 5.93. The van der Waals surface area contributed by atoms with Crippen molar-refractivity contribution in [2.75, 3.05) is 12.4 Å². The molecule has 0 spiro atoms. The number of ether oxygens (including phenoxy) is 1. The number of epoxide rings is 1. The van der Waals surface area contributed by atoms with Crippen molar-refractivity contribution in [3.63, 3.8) is 0 Å². The molecule has 104 valence electrons. The van der Waals surface area contributed by atoms with Gasteiger partial charge in [-0.1, -0.05) is 23.8 Å². The van der Waals surface area contributed by atoms with Gasteiger partial charge in [-0.15, -0.1) is 6.58 Å². The Kier molecular flexibility index (Phi) is 4.53. The molecule has 3 atom stereocenters. The maximum atomic E-state index is 14.1.